The molecule has 0 radical (unpaired) electrons. The summed E-state index contributed by atoms with van der Waals surface area (Å²) in [5.74, 6) is 0.983. The molecular weight excluding hydrogens is 258 g/mol. The lowest BCUT2D eigenvalue weighted by Gasteiger charge is -2.32. The van der Waals surface area contributed by atoms with Crippen LogP contribution in [0.25, 0.3) is 0 Å². The first-order chi connectivity index (χ1) is 9.24. The molecule has 1 aliphatic heterocycles. The van der Waals surface area contributed by atoms with E-state index in [0.29, 0.717) is 6.04 Å². The Hall–Kier alpha value is -1.10. The maximum atomic E-state index is 5.54. The fourth-order valence-electron chi connectivity index (χ4n) is 3.07. The minimum absolute atomic E-state index is 0.569. The van der Waals surface area contributed by atoms with E-state index < -0.39 is 0 Å². The van der Waals surface area contributed by atoms with Crippen molar-refractivity contribution in [1.82, 2.24) is 15.4 Å². The second-order valence-corrected chi connectivity index (χ2v) is 6.01. The number of hydrogen-bond acceptors (Lipinski definition) is 3. The second-order valence-electron chi connectivity index (χ2n) is 5.63. The molecule has 0 aromatic carbocycles. The zero-order chi connectivity index (χ0) is 13.2. The van der Waals surface area contributed by atoms with E-state index in [4.69, 9.17) is 16.7 Å². The highest BCUT2D eigenvalue weighted by Gasteiger charge is 2.25. The van der Waals surface area contributed by atoms with Crippen molar-refractivity contribution >= 4 is 17.3 Å². The molecule has 104 valence electrons. The summed E-state index contributed by atoms with van der Waals surface area (Å²) in [5, 5.41) is 8.44. The molecule has 0 amide bonds. The third-order valence-corrected chi connectivity index (χ3v) is 4.63. The molecule has 0 atom stereocenters. The van der Waals surface area contributed by atoms with Crippen molar-refractivity contribution in [2.75, 3.05) is 6.54 Å². The van der Waals surface area contributed by atoms with Crippen LogP contribution in [0.4, 0.5) is 0 Å². The van der Waals surface area contributed by atoms with Gasteiger partial charge in [0.1, 0.15) is 0 Å². The van der Waals surface area contributed by atoms with E-state index in [9.17, 15) is 0 Å². The van der Waals surface area contributed by atoms with Crippen LogP contribution < -0.4 is 5.32 Å². The zero-order valence-electron chi connectivity index (χ0n) is 11.4. The highest BCUT2D eigenvalue weighted by atomic mass is 32.1. The van der Waals surface area contributed by atoms with Crippen molar-refractivity contribution in [2.24, 2.45) is 0 Å². The molecule has 0 saturated heterocycles. The van der Waals surface area contributed by atoms with Crippen molar-refractivity contribution < 1.29 is 4.52 Å². The Morgan fingerprint density at radius 1 is 1.37 bits per heavy atom. The minimum atomic E-state index is 0.569. The van der Waals surface area contributed by atoms with Crippen LogP contribution in [0.15, 0.2) is 4.52 Å². The van der Waals surface area contributed by atoms with E-state index >= 15 is 0 Å². The van der Waals surface area contributed by atoms with Gasteiger partial charge >= 0.3 is 0 Å². The topological polar surface area (TPSA) is 41.3 Å². The van der Waals surface area contributed by atoms with Gasteiger partial charge in [-0.25, -0.2) is 0 Å². The Morgan fingerprint density at radius 3 is 2.95 bits per heavy atom. The first-order valence-corrected chi connectivity index (χ1v) is 7.64. The highest BCUT2D eigenvalue weighted by Crippen LogP contribution is 2.22. The lowest BCUT2D eigenvalue weighted by molar-refractivity contribution is 0.294. The summed E-state index contributed by atoms with van der Waals surface area (Å²) in [6.45, 7) is 3.74. The van der Waals surface area contributed by atoms with Crippen LogP contribution in [-0.2, 0) is 13.0 Å². The number of rotatable bonds is 1. The quantitative estimate of drug-likeness (QED) is 0.800. The normalized spacial score (nSPS) is 20.2. The Labute approximate surface area is 119 Å². The van der Waals surface area contributed by atoms with Gasteiger partial charge in [-0.1, -0.05) is 24.4 Å². The first kappa shape index (κ1) is 12.9. The van der Waals surface area contributed by atoms with E-state index in [0.717, 1.165) is 36.1 Å². The number of nitrogens with one attached hydrogen (secondary N) is 1. The average molecular weight is 279 g/mol. The third kappa shape index (κ3) is 2.76. The maximum absolute atomic E-state index is 5.54. The lowest BCUT2D eigenvalue weighted by atomic mass is 9.96. The van der Waals surface area contributed by atoms with E-state index in [2.05, 4.69) is 15.4 Å². The summed E-state index contributed by atoms with van der Waals surface area (Å²) in [5.41, 5.74) is 2.30. The molecule has 5 heteroatoms. The molecule has 1 N–H and O–H groups in total. The van der Waals surface area contributed by atoms with Gasteiger partial charge in [-0.2, -0.15) is 0 Å². The molecule has 1 aromatic heterocycles. The largest absolute Gasteiger partial charge is 0.360 e. The smallest absolute Gasteiger partial charge is 0.169 e. The summed E-state index contributed by atoms with van der Waals surface area (Å²) < 4.78 is 5.38. The van der Waals surface area contributed by atoms with Crippen molar-refractivity contribution in [3.8, 4) is 0 Å². The molecule has 1 fully saturated rings. The Morgan fingerprint density at radius 2 is 2.16 bits per heavy atom. The van der Waals surface area contributed by atoms with Crippen LogP contribution in [0.1, 0.15) is 49.1 Å². The van der Waals surface area contributed by atoms with Gasteiger partial charge in [-0.3, -0.25) is 0 Å². The molecule has 1 saturated carbocycles. The second kappa shape index (κ2) is 5.49. The maximum Gasteiger partial charge on any atom is 0.169 e. The molecule has 2 heterocycles. The molecule has 0 spiro atoms. The first-order valence-electron chi connectivity index (χ1n) is 7.23. The Balaban J connectivity index is 1.59. The van der Waals surface area contributed by atoms with Gasteiger partial charge in [-0.05, 0) is 38.4 Å². The fraction of sp³-hybridized carbons (Fsp3) is 0.714. The van der Waals surface area contributed by atoms with Crippen molar-refractivity contribution in [1.29, 1.82) is 0 Å². The van der Waals surface area contributed by atoms with Crippen LogP contribution in [0.2, 0.25) is 0 Å². The summed E-state index contributed by atoms with van der Waals surface area (Å²) in [4.78, 5) is 2.21. The summed E-state index contributed by atoms with van der Waals surface area (Å²) in [6.07, 6.45) is 7.51. The zero-order valence-corrected chi connectivity index (χ0v) is 12.3. The average Bonchev–Trinajstić information content (AvgIpc) is 2.81. The van der Waals surface area contributed by atoms with E-state index in [1.54, 1.807) is 0 Å². The summed E-state index contributed by atoms with van der Waals surface area (Å²) in [7, 11) is 0. The summed E-state index contributed by atoms with van der Waals surface area (Å²) in [6, 6.07) is 0.569. The predicted molar refractivity (Wildman–Crippen MR) is 78.0 cm³/mol. The number of nitrogens with zero attached hydrogens (tertiary/aromatic N) is 2. The van der Waals surface area contributed by atoms with Gasteiger partial charge in [-0.15, -0.1) is 0 Å². The minimum Gasteiger partial charge on any atom is -0.360 e. The Bertz CT molecular complexity index is 465. The molecule has 3 rings (SSSR count). The standard InChI is InChI=1S/C14H21N3OS/c1-10-12-7-8-17(9-13(12)18-16-10)14(19)15-11-5-3-2-4-6-11/h11H,2-9H2,1H3,(H,15,19). The number of hydrogen-bond donors (Lipinski definition) is 1. The van der Waals surface area contributed by atoms with Gasteiger partial charge < -0.3 is 14.7 Å². The molecular formula is C14H21N3OS. The molecule has 2 aliphatic rings. The number of aromatic nitrogens is 1. The molecule has 0 unspecified atom stereocenters. The van der Waals surface area contributed by atoms with Crippen LogP contribution in [0.3, 0.4) is 0 Å². The molecule has 0 bridgehead atoms. The lowest BCUT2D eigenvalue weighted by Crippen LogP contribution is -2.46. The monoisotopic (exact) mass is 279 g/mol. The van der Waals surface area contributed by atoms with Gasteiger partial charge in [0.25, 0.3) is 0 Å². The van der Waals surface area contributed by atoms with Crippen LogP contribution >= 0.6 is 12.2 Å². The predicted octanol–water partition coefficient (Wildman–Crippen LogP) is 2.55. The molecule has 19 heavy (non-hydrogen) atoms. The van der Waals surface area contributed by atoms with E-state index in [-0.39, 0.29) is 0 Å². The van der Waals surface area contributed by atoms with Crippen molar-refractivity contribution in [2.45, 2.75) is 58.0 Å². The molecule has 4 nitrogen and oxygen atoms in total. The van der Waals surface area contributed by atoms with Gasteiger partial charge in [0, 0.05) is 18.2 Å². The Kier molecular flexibility index (Phi) is 3.73. The van der Waals surface area contributed by atoms with E-state index in [1.165, 1.54) is 37.7 Å². The van der Waals surface area contributed by atoms with Crippen molar-refractivity contribution in [3.63, 3.8) is 0 Å². The molecule has 1 aromatic rings. The number of fused-ring (bicyclic) bond motifs is 1. The summed E-state index contributed by atoms with van der Waals surface area (Å²) >= 11 is 5.54. The van der Waals surface area contributed by atoms with Gasteiger partial charge in [0.15, 0.2) is 10.9 Å². The van der Waals surface area contributed by atoms with Crippen molar-refractivity contribution in [3.05, 3.63) is 17.0 Å². The van der Waals surface area contributed by atoms with E-state index in [1.807, 2.05) is 6.92 Å². The number of aryl methyl sites for hydroxylation is 1. The molecule has 1 aliphatic carbocycles. The fourth-order valence-corrected chi connectivity index (χ4v) is 3.39. The van der Waals surface area contributed by atoms with Gasteiger partial charge in [0.2, 0.25) is 0 Å². The van der Waals surface area contributed by atoms with Crippen LogP contribution in [0.5, 0.6) is 0 Å². The van der Waals surface area contributed by atoms with Gasteiger partial charge in [0.05, 0.1) is 12.2 Å². The number of thiocarbonyl (C=S) groups is 1. The van der Waals surface area contributed by atoms with Crippen LogP contribution in [0, 0.1) is 6.92 Å². The SMILES string of the molecule is Cc1noc2c1CCN(C(=S)NC1CCCCC1)C2. The highest BCUT2D eigenvalue weighted by molar-refractivity contribution is 7.80. The van der Waals surface area contributed by atoms with Crippen LogP contribution in [-0.4, -0.2) is 27.8 Å². The third-order valence-electron chi connectivity index (χ3n) is 4.25.